The number of benzene rings is 4. The van der Waals surface area contributed by atoms with Gasteiger partial charge in [-0.15, -0.1) is 0 Å². The first-order chi connectivity index (χ1) is 19.1. The van der Waals surface area contributed by atoms with E-state index in [0.29, 0.717) is 0 Å². The third-order valence-electron chi connectivity index (χ3n) is 8.22. The lowest BCUT2D eigenvalue weighted by Crippen LogP contribution is -2.13. The molecule has 212 valence electrons. The zero-order chi connectivity index (χ0) is 29.5. The van der Waals surface area contributed by atoms with Crippen LogP contribution >= 0.6 is 0 Å². The normalized spacial score (nSPS) is 13.6. The van der Waals surface area contributed by atoms with Gasteiger partial charge in [0.2, 0.25) is 0 Å². The van der Waals surface area contributed by atoms with Crippen LogP contribution in [0.2, 0.25) is 0 Å². The van der Waals surface area contributed by atoms with Crippen LogP contribution in [0.1, 0.15) is 84.6 Å². The van der Waals surface area contributed by atoms with Gasteiger partial charge in [-0.05, 0) is 92.6 Å². The Bertz CT molecular complexity index is 1840. The Labute approximate surface area is 246 Å². The average molecular weight is 544 g/mol. The smallest absolute Gasteiger partial charge is 0.141 e. The fourth-order valence-electron chi connectivity index (χ4n) is 6.87. The predicted molar refractivity (Wildman–Crippen MR) is 176 cm³/mol. The van der Waals surface area contributed by atoms with Crippen LogP contribution in [0.25, 0.3) is 43.6 Å². The van der Waals surface area contributed by atoms with E-state index in [0.717, 1.165) is 47.4 Å². The second-order valence-corrected chi connectivity index (χ2v) is 16.0. The van der Waals surface area contributed by atoms with E-state index in [4.69, 9.17) is 9.72 Å². The summed E-state index contributed by atoms with van der Waals surface area (Å²) in [4.78, 5) is 5.05. The lowest BCUT2D eigenvalue weighted by Gasteiger charge is -2.29. The first-order valence-corrected chi connectivity index (χ1v) is 15.2. The summed E-state index contributed by atoms with van der Waals surface area (Å²) in [7, 11) is 0. The number of hydrogen-bond donors (Lipinski definition) is 0. The van der Waals surface area contributed by atoms with E-state index in [1.807, 2.05) is 6.20 Å². The molecule has 0 bridgehead atoms. The van der Waals surface area contributed by atoms with Gasteiger partial charge in [-0.25, -0.2) is 0 Å². The number of pyridine rings is 1. The monoisotopic (exact) mass is 543 g/mol. The van der Waals surface area contributed by atoms with E-state index in [1.54, 1.807) is 0 Å². The van der Waals surface area contributed by atoms with Crippen molar-refractivity contribution in [1.82, 2.24) is 4.98 Å². The van der Waals surface area contributed by atoms with Gasteiger partial charge in [0.25, 0.3) is 0 Å². The molecule has 6 rings (SSSR count). The molecule has 1 aliphatic rings. The average Bonchev–Trinajstić information content (AvgIpc) is 2.84. The molecule has 4 aromatic carbocycles. The Hall–Kier alpha value is -3.39. The zero-order valence-corrected chi connectivity index (χ0v) is 26.7. The van der Waals surface area contributed by atoms with Crippen LogP contribution in [0.4, 0.5) is 0 Å². The lowest BCUT2D eigenvalue weighted by molar-refractivity contribution is 0.399. The number of fused-ring (bicyclic) bond motifs is 5. The third kappa shape index (κ3) is 5.11. The zero-order valence-electron chi connectivity index (χ0n) is 26.7. The van der Waals surface area contributed by atoms with Gasteiger partial charge in [0.05, 0.1) is 11.1 Å². The molecule has 0 fully saturated rings. The number of hydrogen-bond acceptors (Lipinski definition) is 2. The molecule has 1 aromatic heterocycles. The Balaban J connectivity index is 1.68. The maximum atomic E-state index is 7.13. The topological polar surface area (TPSA) is 22.1 Å². The van der Waals surface area contributed by atoms with E-state index >= 15 is 0 Å². The molecule has 0 saturated carbocycles. The van der Waals surface area contributed by atoms with Crippen molar-refractivity contribution < 1.29 is 4.74 Å². The van der Waals surface area contributed by atoms with Crippen LogP contribution in [-0.4, -0.2) is 4.98 Å². The van der Waals surface area contributed by atoms with E-state index in [-0.39, 0.29) is 16.2 Å². The van der Waals surface area contributed by atoms with Crippen LogP contribution in [-0.2, 0) is 19.3 Å². The molecule has 0 spiro atoms. The van der Waals surface area contributed by atoms with Gasteiger partial charge in [0.1, 0.15) is 11.5 Å². The SMILES string of the molecule is Cc1c2c3c(nccc3c3cccc(CC(C)(C)C)c13)-c1cc3cc(CC(C)(C)C)ccc3c(CC(C)(C)C)c1O2. The number of rotatable bonds is 3. The van der Waals surface area contributed by atoms with Crippen molar-refractivity contribution in [2.45, 2.75) is 88.5 Å². The lowest BCUT2D eigenvalue weighted by atomic mass is 9.81. The summed E-state index contributed by atoms with van der Waals surface area (Å²) < 4.78 is 7.13. The van der Waals surface area contributed by atoms with Gasteiger partial charge in [-0.2, -0.15) is 0 Å². The van der Waals surface area contributed by atoms with Crippen molar-refractivity contribution in [1.29, 1.82) is 0 Å². The first-order valence-electron chi connectivity index (χ1n) is 15.2. The minimum absolute atomic E-state index is 0.105. The highest BCUT2D eigenvalue weighted by Crippen LogP contribution is 2.53. The van der Waals surface area contributed by atoms with Crippen LogP contribution in [0, 0.1) is 23.2 Å². The van der Waals surface area contributed by atoms with E-state index < -0.39 is 0 Å². The molecule has 0 aliphatic carbocycles. The van der Waals surface area contributed by atoms with Gasteiger partial charge in [0.15, 0.2) is 0 Å². The maximum Gasteiger partial charge on any atom is 0.141 e. The number of aryl methyl sites for hydroxylation is 1. The van der Waals surface area contributed by atoms with Crippen molar-refractivity contribution in [2.24, 2.45) is 16.2 Å². The van der Waals surface area contributed by atoms with E-state index in [1.165, 1.54) is 49.2 Å². The quantitative estimate of drug-likeness (QED) is 0.207. The number of nitrogens with zero attached hydrogens (tertiary/aromatic N) is 1. The highest BCUT2D eigenvalue weighted by molar-refractivity contribution is 6.18. The van der Waals surface area contributed by atoms with Crippen LogP contribution in [0.3, 0.4) is 0 Å². The van der Waals surface area contributed by atoms with Gasteiger partial charge in [-0.3, -0.25) is 4.98 Å². The number of aromatic nitrogens is 1. The van der Waals surface area contributed by atoms with Crippen molar-refractivity contribution in [3.8, 4) is 22.8 Å². The van der Waals surface area contributed by atoms with Crippen LogP contribution in [0.15, 0.2) is 54.7 Å². The van der Waals surface area contributed by atoms with Crippen molar-refractivity contribution in [3.63, 3.8) is 0 Å². The number of ether oxygens (including phenoxy) is 1. The molecule has 2 nitrogen and oxygen atoms in total. The molecule has 2 heteroatoms. The molecule has 0 unspecified atom stereocenters. The molecule has 41 heavy (non-hydrogen) atoms. The Morgan fingerprint density at radius 1 is 0.659 bits per heavy atom. The summed E-state index contributed by atoms with van der Waals surface area (Å²) in [5.41, 5.74) is 7.96. The molecular formula is C39H45NO. The van der Waals surface area contributed by atoms with Gasteiger partial charge >= 0.3 is 0 Å². The minimum atomic E-state index is 0.105. The summed E-state index contributed by atoms with van der Waals surface area (Å²) in [6.45, 7) is 23.1. The molecule has 2 heterocycles. The molecular weight excluding hydrogens is 498 g/mol. The van der Waals surface area contributed by atoms with E-state index in [9.17, 15) is 0 Å². The third-order valence-corrected chi connectivity index (χ3v) is 8.22. The first kappa shape index (κ1) is 27.8. The summed E-state index contributed by atoms with van der Waals surface area (Å²) in [5, 5.41) is 7.56. The highest BCUT2D eigenvalue weighted by atomic mass is 16.5. The Morgan fingerprint density at radius 3 is 2.02 bits per heavy atom. The summed E-state index contributed by atoms with van der Waals surface area (Å²) >= 11 is 0. The van der Waals surface area contributed by atoms with Crippen molar-refractivity contribution in [3.05, 3.63) is 77.0 Å². The van der Waals surface area contributed by atoms with Crippen LogP contribution < -0.4 is 4.74 Å². The molecule has 0 amide bonds. The summed E-state index contributed by atoms with van der Waals surface area (Å²) in [6, 6.07) is 18.4. The standard InChI is InChI=1S/C39H45NO/c1-23-32-25(21-38(5,6)7)12-11-13-28(32)29-16-17-40-34-30-19-26-18-24(20-37(2,3)4)14-15-27(26)31(22-39(8,9)10)36(30)41-35(23)33(29)34/h11-19H,20-22H2,1-10H3. The fraction of sp³-hybridized carbons (Fsp3) is 0.410. The molecule has 5 aromatic rings. The minimum Gasteiger partial charge on any atom is -0.455 e. The van der Waals surface area contributed by atoms with Crippen LogP contribution in [0.5, 0.6) is 11.5 Å². The molecule has 1 aliphatic heterocycles. The Morgan fingerprint density at radius 2 is 1.34 bits per heavy atom. The summed E-state index contributed by atoms with van der Waals surface area (Å²) in [6.07, 6.45) is 4.98. The second kappa shape index (κ2) is 9.31. The van der Waals surface area contributed by atoms with Gasteiger partial charge < -0.3 is 4.74 Å². The van der Waals surface area contributed by atoms with Gasteiger partial charge in [-0.1, -0.05) is 98.7 Å². The maximum absolute atomic E-state index is 7.13. The van der Waals surface area contributed by atoms with Gasteiger partial charge in [0, 0.05) is 22.9 Å². The predicted octanol–water partition coefficient (Wildman–Crippen LogP) is 11.4. The Kier molecular flexibility index (Phi) is 6.31. The summed E-state index contributed by atoms with van der Waals surface area (Å²) in [5.74, 6) is 1.96. The molecule has 0 saturated heterocycles. The molecule has 0 N–H and O–H groups in total. The largest absolute Gasteiger partial charge is 0.455 e. The fourth-order valence-corrected chi connectivity index (χ4v) is 6.87. The van der Waals surface area contributed by atoms with Crippen molar-refractivity contribution >= 4 is 32.3 Å². The highest BCUT2D eigenvalue weighted by Gasteiger charge is 2.30. The second-order valence-electron chi connectivity index (χ2n) is 16.0. The van der Waals surface area contributed by atoms with E-state index in [2.05, 4.69) is 118 Å². The molecule has 0 atom stereocenters. The van der Waals surface area contributed by atoms with Crippen molar-refractivity contribution in [2.75, 3.05) is 0 Å². The molecule has 0 radical (unpaired) electrons.